The van der Waals surface area contributed by atoms with Crippen molar-refractivity contribution in [3.05, 3.63) is 57.3 Å². The van der Waals surface area contributed by atoms with Crippen molar-refractivity contribution in [2.75, 3.05) is 39.3 Å². The van der Waals surface area contributed by atoms with Crippen molar-refractivity contribution >= 4 is 44.8 Å². The van der Waals surface area contributed by atoms with Gasteiger partial charge in [0.05, 0.1) is 31.8 Å². The molecule has 1 saturated heterocycles. The Labute approximate surface area is 217 Å². The van der Waals surface area contributed by atoms with Gasteiger partial charge in [-0.05, 0) is 37.3 Å². The van der Waals surface area contributed by atoms with E-state index in [4.69, 9.17) is 32.5 Å². The second-order valence-corrected chi connectivity index (χ2v) is 10.6. The molecule has 1 aliphatic heterocycles. The number of ether oxygens (including phenoxy) is 1. The van der Waals surface area contributed by atoms with Gasteiger partial charge in [-0.2, -0.15) is 4.98 Å². The van der Waals surface area contributed by atoms with E-state index in [-0.39, 0.29) is 6.61 Å². The molecule has 184 valence electrons. The Balaban J connectivity index is 1.06. The fraction of sp³-hybridized carbons (Fsp3) is 0.375. The molecular formula is C24H25Cl2N5O3S. The molecule has 2 aromatic heterocycles. The molecule has 0 radical (unpaired) electrons. The summed E-state index contributed by atoms with van der Waals surface area (Å²) >= 11 is 13.7. The zero-order chi connectivity index (χ0) is 24.4. The molecule has 0 amide bonds. The SMILES string of the molecule is Cc1nc2cc(OC[C@H](O)CN3CCN(Cc4noc(-c5ccc(Cl)c(Cl)c5)n4)CC3)ccc2s1. The molecule has 1 fully saturated rings. The summed E-state index contributed by atoms with van der Waals surface area (Å²) in [5, 5.41) is 16.5. The summed E-state index contributed by atoms with van der Waals surface area (Å²) in [6.07, 6.45) is -0.569. The van der Waals surface area contributed by atoms with Crippen molar-refractivity contribution in [2.45, 2.75) is 19.6 Å². The zero-order valence-corrected chi connectivity index (χ0v) is 21.5. The van der Waals surface area contributed by atoms with Gasteiger partial charge in [-0.15, -0.1) is 11.3 Å². The van der Waals surface area contributed by atoms with E-state index < -0.39 is 6.10 Å². The third kappa shape index (κ3) is 6.11. The number of aliphatic hydroxyl groups is 1. The quantitative estimate of drug-likeness (QED) is 0.353. The molecule has 35 heavy (non-hydrogen) atoms. The topological polar surface area (TPSA) is 87.8 Å². The highest BCUT2D eigenvalue weighted by molar-refractivity contribution is 7.18. The van der Waals surface area contributed by atoms with E-state index in [0.717, 1.165) is 52.7 Å². The van der Waals surface area contributed by atoms with Crippen LogP contribution in [0, 0.1) is 6.92 Å². The molecular weight excluding hydrogens is 509 g/mol. The van der Waals surface area contributed by atoms with Crippen LogP contribution < -0.4 is 4.74 Å². The number of fused-ring (bicyclic) bond motifs is 1. The summed E-state index contributed by atoms with van der Waals surface area (Å²) in [5.74, 6) is 1.77. The van der Waals surface area contributed by atoms with Crippen LogP contribution in [0.1, 0.15) is 10.8 Å². The van der Waals surface area contributed by atoms with E-state index in [0.29, 0.717) is 34.8 Å². The molecule has 4 aromatic rings. The number of aryl methyl sites for hydroxylation is 1. The molecule has 2 aromatic carbocycles. The fourth-order valence-corrected chi connectivity index (χ4v) is 5.16. The molecule has 0 aliphatic carbocycles. The zero-order valence-electron chi connectivity index (χ0n) is 19.2. The minimum atomic E-state index is -0.569. The van der Waals surface area contributed by atoms with Gasteiger partial charge in [0.1, 0.15) is 18.5 Å². The summed E-state index contributed by atoms with van der Waals surface area (Å²) in [6, 6.07) is 11.1. The minimum absolute atomic E-state index is 0.245. The molecule has 1 atom stereocenters. The smallest absolute Gasteiger partial charge is 0.258 e. The lowest BCUT2D eigenvalue weighted by atomic mass is 10.2. The number of aliphatic hydroxyl groups excluding tert-OH is 1. The van der Waals surface area contributed by atoms with Crippen LogP contribution in [0.15, 0.2) is 40.9 Å². The van der Waals surface area contributed by atoms with Crippen molar-refractivity contribution in [2.24, 2.45) is 0 Å². The van der Waals surface area contributed by atoms with Gasteiger partial charge in [-0.3, -0.25) is 9.80 Å². The molecule has 3 heterocycles. The van der Waals surface area contributed by atoms with Gasteiger partial charge in [0.25, 0.3) is 5.89 Å². The van der Waals surface area contributed by atoms with Crippen LogP contribution in [0.25, 0.3) is 21.7 Å². The highest BCUT2D eigenvalue weighted by Gasteiger charge is 2.21. The molecule has 0 spiro atoms. The highest BCUT2D eigenvalue weighted by Crippen LogP contribution is 2.28. The number of piperazine rings is 1. The third-order valence-corrected chi connectivity index (χ3v) is 7.53. The number of nitrogens with zero attached hydrogens (tertiary/aromatic N) is 5. The van der Waals surface area contributed by atoms with E-state index in [1.807, 2.05) is 25.1 Å². The second-order valence-electron chi connectivity index (χ2n) is 8.55. The average molecular weight is 534 g/mol. The van der Waals surface area contributed by atoms with E-state index in [9.17, 15) is 5.11 Å². The Morgan fingerprint density at radius 2 is 1.86 bits per heavy atom. The number of hydrogen-bond acceptors (Lipinski definition) is 9. The largest absolute Gasteiger partial charge is 0.491 e. The average Bonchev–Trinajstić information content (AvgIpc) is 3.46. The number of aromatic nitrogens is 3. The van der Waals surface area contributed by atoms with E-state index in [2.05, 4.69) is 24.9 Å². The Morgan fingerprint density at radius 1 is 1.06 bits per heavy atom. The Hall–Kier alpha value is -2.27. The first-order valence-corrected chi connectivity index (χ1v) is 12.9. The van der Waals surface area contributed by atoms with Crippen molar-refractivity contribution in [3.63, 3.8) is 0 Å². The first-order valence-electron chi connectivity index (χ1n) is 11.3. The maximum Gasteiger partial charge on any atom is 0.258 e. The number of benzene rings is 2. The van der Waals surface area contributed by atoms with E-state index in [1.54, 1.807) is 29.5 Å². The van der Waals surface area contributed by atoms with Crippen molar-refractivity contribution < 1.29 is 14.4 Å². The second kappa shape index (κ2) is 10.8. The molecule has 8 nitrogen and oxygen atoms in total. The van der Waals surface area contributed by atoms with Crippen molar-refractivity contribution in [1.82, 2.24) is 24.9 Å². The summed E-state index contributed by atoms with van der Waals surface area (Å²) in [4.78, 5) is 13.5. The number of thiazole rings is 1. The molecule has 1 aliphatic rings. The van der Waals surface area contributed by atoms with Gasteiger partial charge >= 0.3 is 0 Å². The van der Waals surface area contributed by atoms with Crippen LogP contribution >= 0.6 is 34.5 Å². The standard InChI is InChI=1S/C24H25Cl2N5O3S/c1-15-27-21-11-18(3-5-22(21)35-15)33-14-17(32)12-30-6-8-31(9-7-30)13-23-28-24(34-29-23)16-2-4-19(25)20(26)10-16/h2-5,10-11,17,32H,6-9,12-14H2,1H3/t17-/m1/s1. The van der Waals surface area contributed by atoms with Gasteiger partial charge in [0.2, 0.25) is 0 Å². The predicted octanol–water partition coefficient (Wildman–Crippen LogP) is 4.52. The number of rotatable bonds is 8. The Bertz CT molecular complexity index is 1310. The van der Waals surface area contributed by atoms with Gasteiger partial charge in [-0.1, -0.05) is 28.4 Å². The summed E-state index contributed by atoms with van der Waals surface area (Å²) in [6.45, 7) is 6.80. The summed E-state index contributed by atoms with van der Waals surface area (Å²) in [5.41, 5.74) is 1.67. The Kier molecular flexibility index (Phi) is 7.52. The van der Waals surface area contributed by atoms with Gasteiger partial charge in [0, 0.05) is 44.4 Å². The fourth-order valence-electron chi connectivity index (χ4n) is 4.05. The number of hydrogen-bond donors (Lipinski definition) is 1. The first-order chi connectivity index (χ1) is 16.9. The summed E-state index contributed by atoms with van der Waals surface area (Å²) in [7, 11) is 0. The normalized spacial score (nSPS) is 16.1. The van der Waals surface area contributed by atoms with Crippen LogP contribution in [-0.4, -0.2) is 75.5 Å². The molecule has 1 N–H and O–H groups in total. The molecule has 0 saturated carbocycles. The molecule has 0 unspecified atom stereocenters. The third-order valence-electron chi connectivity index (χ3n) is 5.84. The van der Waals surface area contributed by atoms with Gasteiger partial charge in [0.15, 0.2) is 5.82 Å². The van der Waals surface area contributed by atoms with Crippen LogP contribution in [0.5, 0.6) is 5.75 Å². The van der Waals surface area contributed by atoms with Crippen LogP contribution in [0.3, 0.4) is 0 Å². The summed E-state index contributed by atoms with van der Waals surface area (Å²) < 4.78 is 12.4. The predicted molar refractivity (Wildman–Crippen MR) is 137 cm³/mol. The van der Waals surface area contributed by atoms with Crippen molar-refractivity contribution in [1.29, 1.82) is 0 Å². The molecule has 5 rings (SSSR count). The van der Waals surface area contributed by atoms with E-state index >= 15 is 0 Å². The monoisotopic (exact) mass is 533 g/mol. The van der Waals surface area contributed by atoms with Crippen LogP contribution in [0.2, 0.25) is 10.0 Å². The van der Waals surface area contributed by atoms with E-state index in [1.165, 1.54) is 0 Å². The lowest BCUT2D eigenvalue weighted by molar-refractivity contribution is 0.0440. The van der Waals surface area contributed by atoms with Crippen molar-refractivity contribution in [3.8, 4) is 17.2 Å². The lowest BCUT2D eigenvalue weighted by Gasteiger charge is -2.34. The first kappa shape index (κ1) is 24.4. The maximum absolute atomic E-state index is 10.5. The van der Waals surface area contributed by atoms with Crippen LogP contribution in [0.4, 0.5) is 0 Å². The highest BCUT2D eigenvalue weighted by atomic mass is 35.5. The number of β-amino-alcohol motifs (C(OH)–C–C–N with tert-alkyl or cyclic N) is 1. The van der Waals surface area contributed by atoms with Gasteiger partial charge in [-0.25, -0.2) is 4.98 Å². The molecule has 0 bridgehead atoms. The number of halogens is 2. The Morgan fingerprint density at radius 3 is 2.66 bits per heavy atom. The van der Waals surface area contributed by atoms with Crippen LogP contribution in [-0.2, 0) is 6.54 Å². The lowest BCUT2D eigenvalue weighted by Crippen LogP contribution is -2.48. The maximum atomic E-state index is 10.5. The molecule has 11 heteroatoms. The van der Waals surface area contributed by atoms with Gasteiger partial charge < -0.3 is 14.4 Å². The minimum Gasteiger partial charge on any atom is -0.491 e.